The lowest BCUT2D eigenvalue weighted by Gasteiger charge is -2.06. The molecule has 1 aromatic carbocycles. The van der Waals surface area contributed by atoms with E-state index in [2.05, 4.69) is 9.47 Å². The number of esters is 2. The van der Waals surface area contributed by atoms with Gasteiger partial charge in [-0.1, -0.05) is 0 Å². The molecular formula is C11H12O6S. The number of carbonyl (C=O) groups excluding carboxylic acids is 2. The van der Waals surface area contributed by atoms with Crippen molar-refractivity contribution in [1.82, 2.24) is 0 Å². The van der Waals surface area contributed by atoms with Gasteiger partial charge >= 0.3 is 11.9 Å². The molecule has 0 bridgehead atoms. The van der Waals surface area contributed by atoms with Crippen molar-refractivity contribution in [2.24, 2.45) is 0 Å². The van der Waals surface area contributed by atoms with Gasteiger partial charge in [0.25, 0.3) is 0 Å². The van der Waals surface area contributed by atoms with Crippen LogP contribution in [0.5, 0.6) is 0 Å². The van der Waals surface area contributed by atoms with Gasteiger partial charge in [0.1, 0.15) is 0 Å². The van der Waals surface area contributed by atoms with Crippen molar-refractivity contribution < 1.29 is 27.5 Å². The monoisotopic (exact) mass is 272 g/mol. The van der Waals surface area contributed by atoms with Crippen LogP contribution < -0.4 is 0 Å². The molecule has 0 radical (unpaired) electrons. The van der Waals surface area contributed by atoms with E-state index in [4.69, 9.17) is 0 Å². The number of hydrogen-bond acceptors (Lipinski definition) is 6. The average molecular weight is 272 g/mol. The first-order chi connectivity index (χ1) is 8.29. The molecule has 0 fully saturated rings. The molecule has 0 unspecified atom stereocenters. The predicted molar refractivity (Wildman–Crippen MR) is 62.2 cm³/mol. The quantitative estimate of drug-likeness (QED) is 0.751. The summed E-state index contributed by atoms with van der Waals surface area (Å²) in [5.41, 5.74) is -0.0540. The maximum Gasteiger partial charge on any atom is 0.337 e. The molecule has 0 saturated carbocycles. The topological polar surface area (TPSA) is 86.7 Å². The molecule has 0 aliphatic heterocycles. The Morgan fingerprint density at radius 1 is 0.944 bits per heavy atom. The number of ether oxygens (including phenoxy) is 2. The average Bonchev–Trinajstić information content (AvgIpc) is 2.35. The molecule has 0 saturated heterocycles. The number of sulfone groups is 1. The first-order valence-corrected chi connectivity index (χ1v) is 6.70. The Morgan fingerprint density at radius 3 is 1.61 bits per heavy atom. The number of carbonyl (C=O) groups is 2. The summed E-state index contributed by atoms with van der Waals surface area (Å²) < 4.78 is 31.9. The van der Waals surface area contributed by atoms with Crippen LogP contribution in [-0.4, -0.2) is 40.8 Å². The van der Waals surface area contributed by atoms with E-state index >= 15 is 0 Å². The van der Waals surface area contributed by atoms with E-state index in [1.54, 1.807) is 0 Å². The van der Waals surface area contributed by atoms with Gasteiger partial charge in [-0.25, -0.2) is 18.0 Å². The van der Waals surface area contributed by atoms with Crippen molar-refractivity contribution in [3.8, 4) is 0 Å². The number of methoxy groups -OCH3 is 2. The molecule has 0 spiro atoms. The van der Waals surface area contributed by atoms with Gasteiger partial charge in [0.2, 0.25) is 0 Å². The van der Waals surface area contributed by atoms with E-state index in [0.29, 0.717) is 0 Å². The van der Waals surface area contributed by atoms with E-state index in [-0.39, 0.29) is 16.0 Å². The largest absolute Gasteiger partial charge is 0.465 e. The highest BCUT2D eigenvalue weighted by Crippen LogP contribution is 2.17. The fourth-order valence-corrected chi connectivity index (χ4v) is 1.97. The lowest BCUT2D eigenvalue weighted by Crippen LogP contribution is -2.09. The number of benzene rings is 1. The highest BCUT2D eigenvalue weighted by molar-refractivity contribution is 7.90. The minimum Gasteiger partial charge on any atom is -0.465 e. The SMILES string of the molecule is COC(=O)c1cc(C(=O)OC)cc(S(C)(=O)=O)c1. The highest BCUT2D eigenvalue weighted by Gasteiger charge is 2.17. The molecule has 98 valence electrons. The molecule has 0 aromatic heterocycles. The van der Waals surface area contributed by atoms with Crippen LogP contribution in [0.4, 0.5) is 0 Å². The minimum absolute atomic E-state index is 0.0270. The zero-order valence-electron chi connectivity index (χ0n) is 10.1. The fourth-order valence-electron chi connectivity index (χ4n) is 1.28. The van der Waals surface area contributed by atoms with Crippen molar-refractivity contribution in [1.29, 1.82) is 0 Å². The van der Waals surface area contributed by atoms with E-state index in [1.807, 2.05) is 0 Å². The summed E-state index contributed by atoms with van der Waals surface area (Å²) in [6.45, 7) is 0. The van der Waals surface area contributed by atoms with Crippen LogP contribution >= 0.6 is 0 Å². The molecule has 6 nitrogen and oxygen atoms in total. The second-order valence-electron chi connectivity index (χ2n) is 3.50. The summed E-state index contributed by atoms with van der Waals surface area (Å²) in [5, 5.41) is 0. The van der Waals surface area contributed by atoms with Crippen molar-refractivity contribution >= 4 is 21.8 Å². The third kappa shape index (κ3) is 3.07. The molecule has 0 atom stereocenters. The Morgan fingerprint density at radius 2 is 1.33 bits per heavy atom. The summed E-state index contributed by atoms with van der Waals surface area (Å²) in [6.07, 6.45) is 0.977. The van der Waals surface area contributed by atoms with Crippen molar-refractivity contribution in [2.75, 3.05) is 20.5 Å². The van der Waals surface area contributed by atoms with E-state index in [9.17, 15) is 18.0 Å². The zero-order chi connectivity index (χ0) is 13.9. The van der Waals surface area contributed by atoms with Gasteiger partial charge in [-0.2, -0.15) is 0 Å². The van der Waals surface area contributed by atoms with Crippen molar-refractivity contribution in [2.45, 2.75) is 4.90 Å². The third-order valence-electron chi connectivity index (χ3n) is 2.18. The van der Waals surface area contributed by atoms with Crippen LogP contribution in [0.15, 0.2) is 23.1 Å². The van der Waals surface area contributed by atoms with Crippen LogP contribution in [0.25, 0.3) is 0 Å². The van der Waals surface area contributed by atoms with E-state index in [0.717, 1.165) is 32.6 Å². The van der Waals surface area contributed by atoms with Gasteiger partial charge in [0.15, 0.2) is 9.84 Å². The first kappa shape index (κ1) is 14.2. The van der Waals surface area contributed by atoms with Gasteiger partial charge in [-0.15, -0.1) is 0 Å². The fraction of sp³-hybridized carbons (Fsp3) is 0.273. The second-order valence-corrected chi connectivity index (χ2v) is 5.52. The summed E-state index contributed by atoms with van der Waals surface area (Å²) in [7, 11) is -1.23. The maximum atomic E-state index is 11.5. The van der Waals surface area contributed by atoms with Crippen molar-refractivity contribution in [3.05, 3.63) is 29.3 Å². The van der Waals surface area contributed by atoms with Crippen LogP contribution in [-0.2, 0) is 19.3 Å². The summed E-state index contributed by atoms with van der Waals surface area (Å²) in [5.74, 6) is -1.46. The van der Waals surface area contributed by atoms with Gasteiger partial charge in [0.05, 0.1) is 30.2 Å². The van der Waals surface area contributed by atoms with Crippen LogP contribution in [0.2, 0.25) is 0 Å². The van der Waals surface area contributed by atoms with E-state index < -0.39 is 21.8 Å². The van der Waals surface area contributed by atoms with Gasteiger partial charge in [-0.3, -0.25) is 0 Å². The Kier molecular flexibility index (Phi) is 4.07. The molecule has 18 heavy (non-hydrogen) atoms. The Balaban J connectivity index is 3.48. The zero-order valence-corrected chi connectivity index (χ0v) is 10.9. The Hall–Kier alpha value is -1.89. The lowest BCUT2D eigenvalue weighted by molar-refractivity contribution is 0.0598. The molecule has 7 heteroatoms. The highest BCUT2D eigenvalue weighted by atomic mass is 32.2. The molecule has 0 aliphatic carbocycles. The molecule has 0 amide bonds. The van der Waals surface area contributed by atoms with Crippen LogP contribution in [0, 0.1) is 0 Å². The Bertz CT molecular complexity index is 553. The Labute approximate surface area is 104 Å². The van der Waals surface area contributed by atoms with Crippen LogP contribution in [0.3, 0.4) is 0 Å². The maximum absolute atomic E-state index is 11.5. The van der Waals surface area contributed by atoms with Crippen LogP contribution in [0.1, 0.15) is 20.7 Å². The lowest BCUT2D eigenvalue weighted by atomic mass is 10.1. The molecule has 0 N–H and O–H groups in total. The summed E-state index contributed by atoms with van der Waals surface area (Å²) >= 11 is 0. The number of hydrogen-bond donors (Lipinski definition) is 0. The molecular weight excluding hydrogens is 260 g/mol. The number of rotatable bonds is 3. The predicted octanol–water partition coefficient (Wildman–Crippen LogP) is 0.663. The normalized spacial score (nSPS) is 10.8. The standard InChI is InChI=1S/C11H12O6S/c1-16-10(12)7-4-8(11(13)17-2)6-9(5-7)18(3,14)15/h4-6H,1-3H3. The summed E-state index contributed by atoms with van der Waals surface area (Å²) in [6, 6.07) is 3.51. The second kappa shape index (κ2) is 5.18. The molecule has 0 heterocycles. The molecule has 1 aromatic rings. The minimum atomic E-state index is -3.55. The van der Waals surface area contributed by atoms with Crippen molar-refractivity contribution in [3.63, 3.8) is 0 Å². The van der Waals surface area contributed by atoms with Gasteiger partial charge in [0, 0.05) is 6.26 Å². The third-order valence-corrected chi connectivity index (χ3v) is 3.27. The van der Waals surface area contributed by atoms with Gasteiger partial charge in [-0.05, 0) is 18.2 Å². The summed E-state index contributed by atoms with van der Waals surface area (Å²) in [4.78, 5) is 22.6. The molecule has 1 rings (SSSR count). The molecule has 0 aliphatic rings. The van der Waals surface area contributed by atoms with Gasteiger partial charge < -0.3 is 9.47 Å². The first-order valence-electron chi connectivity index (χ1n) is 4.81. The van der Waals surface area contributed by atoms with E-state index in [1.165, 1.54) is 6.07 Å². The smallest absolute Gasteiger partial charge is 0.337 e.